The van der Waals surface area contributed by atoms with Crippen LogP contribution in [0, 0.1) is 15.5 Å². The summed E-state index contributed by atoms with van der Waals surface area (Å²) in [7, 11) is 1.62. The molecule has 1 rings (SSSR count). The lowest BCUT2D eigenvalue weighted by Gasteiger charge is -2.29. The first-order chi connectivity index (χ1) is 9.18. The number of hydrogen-bond acceptors (Lipinski definition) is 5. The van der Waals surface area contributed by atoms with Crippen LogP contribution in [0.2, 0.25) is 0 Å². The molecule has 0 fully saturated rings. The van der Waals surface area contributed by atoms with Gasteiger partial charge < -0.3 is 15.7 Å². The second-order valence-electron chi connectivity index (χ2n) is 5.49. The zero-order valence-electron chi connectivity index (χ0n) is 12.2. The molecule has 118 valence electrons. The highest BCUT2D eigenvalue weighted by Gasteiger charge is 2.23. The Labute approximate surface area is 129 Å². The zero-order chi connectivity index (χ0) is 15.5. The lowest BCUT2D eigenvalue weighted by Crippen LogP contribution is -2.39. The Morgan fingerprint density at radius 3 is 2.48 bits per heavy atom. The minimum Gasteiger partial charge on any atom is -0.502 e. The lowest BCUT2D eigenvalue weighted by molar-refractivity contribution is -0.385. The minimum absolute atomic E-state index is 0. The highest BCUT2D eigenvalue weighted by Crippen LogP contribution is 2.27. The van der Waals surface area contributed by atoms with Crippen molar-refractivity contribution in [3.05, 3.63) is 33.9 Å². The van der Waals surface area contributed by atoms with Gasteiger partial charge in [-0.2, -0.15) is 0 Å². The van der Waals surface area contributed by atoms with E-state index in [9.17, 15) is 20.0 Å². The van der Waals surface area contributed by atoms with Crippen LogP contribution in [0.15, 0.2) is 18.2 Å². The molecule has 3 N–H and O–H groups in total. The smallest absolute Gasteiger partial charge is 0.310 e. The molecule has 0 aliphatic carbocycles. The van der Waals surface area contributed by atoms with Crippen molar-refractivity contribution in [1.82, 2.24) is 4.90 Å². The number of halogens is 1. The molecule has 0 aliphatic rings. The summed E-state index contributed by atoms with van der Waals surface area (Å²) in [4.78, 5) is 23.6. The van der Waals surface area contributed by atoms with Gasteiger partial charge in [0.2, 0.25) is 0 Å². The van der Waals surface area contributed by atoms with E-state index >= 15 is 0 Å². The number of nitro benzene ring substituents is 1. The number of benzene rings is 1. The van der Waals surface area contributed by atoms with Gasteiger partial charge in [-0.1, -0.05) is 13.8 Å². The van der Waals surface area contributed by atoms with Crippen molar-refractivity contribution < 1.29 is 14.8 Å². The normalized spacial score (nSPS) is 10.7. The maximum atomic E-state index is 12.2. The summed E-state index contributed by atoms with van der Waals surface area (Å²) in [5.41, 5.74) is 5.16. The highest BCUT2D eigenvalue weighted by molar-refractivity contribution is 5.94. The third-order valence-electron chi connectivity index (χ3n) is 2.98. The summed E-state index contributed by atoms with van der Waals surface area (Å²) in [5, 5.41) is 20.1. The van der Waals surface area contributed by atoms with Crippen molar-refractivity contribution in [3.8, 4) is 5.75 Å². The largest absolute Gasteiger partial charge is 0.502 e. The van der Waals surface area contributed by atoms with E-state index in [4.69, 9.17) is 5.73 Å². The fourth-order valence-corrected chi connectivity index (χ4v) is 1.81. The summed E-state index contributed by atoms with van der Waals surface area (Å²) >= 11 is 0. The topological polar surface area (TPSA) is 110 Å². The van der Waals surface area contributed by atoms with Gasteiger partial charge >= 0.3 is 5.69 Å². The van der Waals surface area contributed by atoms with Gasteiger partial charge in [-0.3, -0.25) is 14.9 Å². The predicted octanol–water partition coefficient (Wildman–Crippen LogP) is 1.78. The Hall–Kier alpha value is -1.86. The number of nitrogens with two attached hydrogens (primary N) is 1. The van der Waals surface area contributed by atoms with E-state index in [1.54, 1.807) is 7.05 Å². The van der Waals surface area contributed by atoms with Gasteiger partial charge in [-0.15, -0.1) is 12.4 Å². The molecular weight excluding hydrogens is 298 g/mol. The van der Waals surface area contributed by atoms with E-state index < -0.39 is 16.4 Å². The average Bonchev–Trinajstić information content (AvgIpc) is 2.36. The number of aromatic hydroxyl groups is 1. The van der Waals surface area contributed by atoms with Gasteiger partial charge in [0.15, 0.2) is 5.75 Å². The molecule has 0 atom stereocenters. The number of phenols is 1. The quantitative estimate of drug-likeness (QED) is 0.635. The first-order valence-electron chi connectivity index (χ1n) is 6.11. The Morgan fingerprint density at radius 2 is 2.05 bits per heavy atom. The van der Waals surface area contributed by atoms with Crippen LogP contribution in [0.5, 0.6) is 5.75 Å². The highest BCUT2D eigenvalue weighted by atomic mass is 35.5. The zero-order valence-corrected chi connectivity index (χ0v) is 13.0. The maximum absolute atomic E-state index is 12.2. The minimum atomic E-state index is -0.704. The molecule has 0 saturated heterocycles. The fraction of sp³-hybridized carbons (Fsp3) is 0.462. The van der Waals surface area contributed by atoms with Crippen LogP contribution in [-0.4, -0.2) is 41.0 Å². The van der Waals surface area contributed by atoms with Crippen LogP contribution in [0.4, 0.5) is 5.69 Å². The van der Waals surface area contributed by atoms with Crippen LogP contribution in [-0.2, 0) is 0 Å². The number of nitrogens with zero attached hydrogens (tertiary/aromatic N) is 2. The summed E-state index contributed by atoms with van der Waals surface area (Å²) in [6, 6.07) is 3.54. The first-order valence-corrected chi connectivity index (χ1v) is 6.11. The first kappa shape index (κ1) is 19.1. The number of rotatable bonds is 5. The van der Waals surface area contributed by atoms with Gasteiger partial charge in [0.1, 0.15) is 0 Å². The average molecular weight is 318 g/mol. The van der Waals surface area contributed by atoms with E-state index in [-0.39, 0.29) is 29.3 Å². The Morgan fingerprint density at radius 1 is 1.48 bits per heavy atom. The van der Waals surface area contributed by atoms with E-state index in [1.165, 1.54) is 11.0 Å². The molecule has 1 aromatic rings. The summed E-state index contributed by atoms with van der Waals surface area (Å²) in [6.07, 6.45) is 0. The molecular formula is C13H20ClN3O4. The number of amides is 1. The van der Waals surface area contributed by atoms with Crippen molar-refractivity contribution in [2.45, 2.75) is 13.8 Å². The third-order valence-corrected chi connectivity index (χ3v) is 2.98. The molecule has 1 amide bonds. The number of carbonyl (C=O) groups excluding carboxylic acids is 1. The fourth-order valence-electron chi connectivity index (χ4n) is 1.81. The van der Waals surface area contributed by atoms with E-state index in [0.717, 1.165) is 12.1 Å². The maximum Gasteiger partial charge on any atom is 0.310 e. The van der Waals surface area contributed by atoms with E-state index in [1.807, 2.05) is 13.8 Å². The summed E-state index contributed by atoms with van der Waals surface area (Å²) in [5.74, 6) is -0.843. The van der Waals surface area contributed by atoms with Gasteiger partial charge in [0.25, 0.3) is 5.91 Å². The monoisotopic (exact) mass is 317 g/mol. The SMILES string of the molecule is CN(CC(C)(C)CN)C(=O)c1ccc([N+](=O)[O-])c(O)c1.Cl. The molecule has 1 aromatic carbocycles. The number of nitro groups is 1. The van der Waals surface area contributed by atoms with Crippen LogP contribution in [0.1, 0.15) is 24.2 Å². The molecule has 0 spiro atoms. The molecule has 0 radical (unpaired) electrons. The van der Waals surface area contributed by atoms with Gasteiger partial charge in [-0.25, -0.2) is 0 Å². The van der Waals surface area contributed by atoms with Crippen molar-refractivity contribution in [2.24, 2.45) is 11.1 Å². The number of phenolic OH excluding ortho intramolecular Hbond substituents is 1. The molecule has 0 unspecified atom stereocenters. The Kier molecular flexibility index (Phi) is 6.59. The molecule has 0 saturated carbocycles. The Bertz CT molecular complexity index is 534. The summed E-state index contributed by atoms with van der Waals surface area (Å²) < 4.78 is 0. The molecule has 8 heteroatoms. The standard InChI is InChI=1S/C13H19N3O4.ClH/c1-13(2,7-14)8-15(3)12(18)9-4-5-10(16(19)20)11(17)6-9;/h4-6,17H,7-8,14H2,1-3H3;1H. The van der Waals surface area contributed by atoms with Crippen LogP contribution < -0.4 is 5.73 Å². The third kappa shape index (κ3) is 4.87. The number of hydrogen-bond donors (Lipinski definition) is 2. The predicted molar refractivity (Wildman–Crippen MR) is 81.8 cm³/mol. The molecule has 21 heavy (non-hydrogen) atoms. The van der Waals surface area contributed by atoms with Crippen molar-refractivity contribution >= 4 is 24.0 Å². The van der Waals surface area contributed by atoms with E-state index in [0.29, 0.717) is 13.1 Å². The molecule has 0 aliphatic heterocycles. The molecule has 0 heterocycles. The molecule has 7 nitrogen and oxygen atoms in total. The molecule has 0 bridgehead atoms. The van der Waals surface area contributed by atoms with E-state index in [2.05, 4.69) is 0 Å². The van der Waals surface area contributed by atoms with Gasteiger partial charge in [-0.05, 0) is 24.1 Å². The van der Waals surface area contributed by atoms with Crippen LogP contribution in [0.25, 0.3) is 0 Å². The lowest BCUT2D eigenvalue weighted by atomic mass is 9.93. The Balaban J connectivity index is 0.00000400. The second kappa shape index (κ2) is 7.24. The number of carbonyl (C=O) groups is 1. The second-order valence-corrected chi connectivity index (χ2v) is 5.49. The van der Waals surface area contributed by atoms with Crippen LogP contribution in [0.3, 0.4) is 0 Å². The van der Waals surface area contributed by atoms with Crippen molar-refractivity contribution in [1.29, 1.82) is 0 Å². The van der Waals surface area contributed by atoms with Gasteiger partial charge in [0, 0.05) is 25.2 Å². The summed E-state index contributed by atoms with van der Waals surface area (Å²) in [6.45, 7) is 4.74. The van der Waals surface area contributed by atoms with Crippen LogP contribution >= 0.6 is 12.4 Å². The van der Waals surface area contributed by atoms with Crippen molar-refractivity contribution in [3.63, 3.8) is 0 Å². The molecule has 0 aromatic heterocycles. The van der Waals surface area contributed by atoms with Crippen molar-refractivity contribution in [2.75, 3.05) is 20.1 Å². The van der Waals surface area contributed by atoms with Gasteiger partial charge in [0.05, 0.1) is 4.92 Å².